The predicted octanol–water partition coefficient (Wildman–Crippen LogP) is 2.80. The smallest absolute Gasteiger partial charge is 0.340 e. The van der Waals surface area contributed by atoms with Crippen LogP contribution in [0, 0.1) is 13.8 Å². The van der Waals surface area contributed by atoms with Gasteiger partial charge in [-0.05, 0) is 50.5 Å². The van der Waals surface area contributed by atoms with E-state index >= 15 is 0 Å². The molecule has 33 heavy (non-hydrogen) atoms. The van der Waals surface area contributed by atoms with Gasteiger partial charge in [0.05, 0.1) is 12.0 Å². The molecule has 0 fully saturated rings. The quantitative estimate of drug-likeness (QED) is 0.502. The third-order valence-electron chi connectivity index (χ3n) is 5.73. The van der Waals surface area contributed by atoms with E-state index < -0.39 is 29.6 Å². The molecule has 0 spiro atoms. The summed E-state index contributed by atoms with van der Waals surface area (Å²) in [4.78, 5) is 36.4. The van der Waals surface area contributed by atoms with Crippen LogP contribution in [0.5, 0.6) is 5.75 Å². The van der Waals surface area contributed by atoms with E-state index in [1.54, 1.807) is 19.1 Å². The standard InChI is InChI=1S/C26H29NO6/c1-5-9-21(25(29)30)27-24(28)17(4)32-22-13-12-19-15(2)20(14-18-10-7-6-8-11-18)26(31)33-23(19)16(22)3/h6-8,10-13,17,21H,5,9,14H2,1-4H3,(H,27,28)(H,29,30)/p-1/t17-,21+/m1/s1. The molecular formula is C26H28NO6-. The minimum Gasteiger partial charge on any atom is -0.548 e. The Morgan fingerprint density at radius 1 is 1.09 bits per heavy atom. The molecule has 7 heteroatoms. The molecule has 2 atom stereocenters. The largest absolute Gasteiger partial charge is 0.548 e. The Kier molecular flexibility index (Phi) is 7.53. The van der Waals surface area contributed by atoms with Gasteiger partial charge in [-0.1, -0.05) is 43.7 Å². The average Bonchev–Trinajstić information content (AvgIpc) is 2.79. The van der Waals surface area contributed by atoms with Crippen LogP contribution in [0.1, 0.15) is 48.9 Å². The van der Waals surface area contributed by atoms with E-state index in [4.69, 9.17) is 9.15 Å². The van der Waals surface area contributed by atoms with Crippen molar-refractivity contribution < 1.29 is 23.8 Å². The molecule has 7 nitrogen and oxygen atoms in total. The summed E-state index contributed by atoms with van der Waals surface area (Å²) >= 11 is 0. The third kappa shape index (κ3) is 5.42. The van der Waals surface area contributed by atoms with Gasteiger partial charge < -0.3 is 24.4 Å². The minimum atomic E-state index is -1.33. The Bertz CT molecular complexity index is 1210. The van der Waals surface area contributed by atoms with Crippen molar-refractivity contribution in [2.24, 2.45) is 0 Å². The Morgan fingerprint density at radius 3 is 2.42 bits per heavy atom. The van der Waals surface area contributed by atoms with Crippen LogP contribution in [0.25, 0.3) is 11.0 Å². The molecule has 174 valence electrons. The Balaban J connectivity index is 1.86. The predicted molar refractivity (Wildman–Crippen MR) is 123 cm³/mol. The second kappa shape index (κ2) is 10.3. The zero-order valence-corrected chi connectivity index (χ0v) is 19.3. The molecule has 0 saturated carbocycles. The van der Waals surface area contributed by atoms with Gasteiger partial charge in [0.15, 0.2) is 6.10 Å². The first-order valence-corrected chi connectivity index (χ1v) is 11.0. The maximum atomic E-state index is 12.8. The Labute approximate surface area is 192 Å². The molecule has 1 aromatic heterocycles. The molecule has 0 aliphatic heterocycles. The van der Waals surface area contributed by atoms with Gasteiger partial charge in [-0.25, -0.2) is 4.79 Å². The van der Waals surface area contributed by atoms with E-state index in [1.807, 2.05) is 44.2 Å². The summed E-state index contributed by atoms with van der Waals surface area (Å²) in [5, 5.41) is 14.4. The van der Waals surface area contributed by atoms with E-state index in [0.29, 0.717) is 35.3 Å². The fourth-order valence-electron chi connectivity index (χ4n) is 3.77. The van der Waals surface area contributed by atoms with Crippen molar-refractivity contribution in [3.63, 3.8) is 0 Å². The molecular weight excluding hydrogens is 422 g/mol. The number of ether oxygens (including phenoxy) is 1. The fraction of sp³-hybridized carbons (Fsp3) is 0.346. The number of hydrogen-bond acceptors (Lipinski definition) is 6. The van der Waals surface area contributed by atoms with Crippen LogP contribution in [0.15, 0.2) is 51.7 Å². The zero-order chi connectivity index (χ0) is 24.1. The highest BCUT2D eigenvalue weighted by molar-refractivity contribution is 5.87. The number of nitrogens with one attached hydrogen (secondary N) is 1. The van der Waals surface area contributed by atoms with E-state index in [2.05, 4.69) is 5.32 Å². The number of aliphatic carboxylic acids is 1. The Morgan fingerprint density at radius 2 is 1.79 bits per heavy atom. The lowest BCUT2D eigenvalue weighted by molar-refractivity contribution is -0.308. The molecule has 2 aromatic carbocycles. The van der Waals surface area contributed by atoms with Crippen molar-refractivity contribution >= 4 is 22.8 Å². The number of rotatable bonds is 9. The number of amides is 1. The lowest BCUT2D eigenvalue weighted by Crippen LogP contribution is -2.51. The monoisotopic (exact) mass is 450 g/mol. The highest BCUT2D eigenvalue weighted by Crippen LogP contribution is 2.30. The van der Waals surface area contributed by atoms with E-state index in [1.165, 1.54) is 6.92 Å². The van der Waals surface area contributed by atoms with Crippen molar-refractivity contribution in [1.82, 2.24) is 5.32 Å². The van der Waals surface area contributed by atoms with Gasteiger partial charge in [0, 0.05) is 22.9 Å². The van der Waals surface area contributed by atoms with Crippen LogP contribution in [0.2, 0.25) is 0 Å². The SMILES string of the molecule is CCC[C@H](NC(=O)[C@@H](C)Oc1ccc2c(C)c(Cc3ccccc3)c(=O)oc2c1C)C(=O)[O-]. The number of carboxylic acid groups (broad SMARTS) is 1. The summed E-state index contributed by atoms with van der Waals surface area (Å²) in [5.74, 6) is -1.51. The van der Waals surface area contributed by atoms with Gasteiger partial charge in [-0.2, -0.15) is 0 Å². The fourth-order valence-corrected chi connectivity index (χ4v) is 3.77. The normalized spacial score (nSPS) is 12.8. The van der Waals surface area contributed by atoms with Gasteiger partial charge in [0.1, 0.15) is 11.3 Å². The molecule has 1 heterocycles. The number of benzene rings is 2. The van der Waals surface area contributed by atoms with Crippen LogP contribution in [-0.4, -0.2) is 24.0 Å². The van der Waals surface area contributed by atoms with Crippen LogP contribution in [0.3, 0.4) is 0 Å². The maximum absolute atomic E-state index is 12.8. The molecule has 0 saturated heterocycles. The van der Waals surface area contributed by atoms with Crippen molar-refractivity contribution in [3.8, 4) is 5.75 Å². The third-order valence-corrected chi connectivity index (χ3v) is 5.73. The van der Waals surface area contributed by atoms with Gasteiger partial charge in [-0.15, -0.1) is 0 Å². The first kappa shape index (κ1) is 24.0. The van der Waals surface area contributed by atoms with Crippen LogP contribution in [-0.2, 0) is 16.0 Å². The van der Waals surface area contributed by atoms with E-state index in [0.717, 1.165) is 16.5 Å². The molecule has 0 radical (unpaired) electrons. The summed E-state index contributed by atoms with van der Waals surface area (Å²) in [5.41, 5.74) is 3.02. The molecule has 0 bridgehead atoms. The zero-order valence-electron chi connectivity index (χ0n) is 19.3. The minimum absolute atomic E-state index is 0.269. The molecule has 1 amide bonds. The number of hydrogen-bond donors (Lipinski definition) is 1. The number of carbonyl (C=O) groups excluding carboxylic acids is 2. The summed E-state index contributed by atoms with van der Waals surface area (Å²) < 4.78 is 11.5. The number of aryl methyl sites for hydroxylation is 2. The first-order valence-electron chi connectivity index (χ1n) is 11.0. The van der Waals surface area contributed by atoms with E-state index in [-0.39, 0.29) is 6.42 Å². The van der Waals surface area contributed by atoms with Crippen LogP contribution in [0.4, 0.5) is 0 Å². The average molecular weight is 451 g/mol. The lowest BCUT2D eigenvalue weighted by Gasteiger charge is -2.22. The maximum Gasteiger partial charge on any atom is 0.340 e. The first-order chi connectivity index (χ1) is 15.7. The van der Waals surface area contributed by atoms with Gasteiger partial charge >= 0.3 is 5.63 Å². The van der Waals surface area contributed by atoms with Crippen molar-refractivity contribution in [3.05, 3.63) is 75.1 Å². The van der Waals surface area contributed by atoms with Crippen molar-refractivity contribution in [2.45, 2.75) is 59.1 Å². The van der Waals surface area contributed by atoms with Crippen LogP contribution >= 0.6 is 0 Å². The number of carboxylic acids is 1. The van der Waals surface area contributed by atoms with Crippen LogP contribution < -0.4 is 20.8 Å². The molecule has 0 aliphatic carbocycles. The highest BCUT2D eigenvalue weighted by atomic mass is 16.5. The second-order valence-electron chi connectivity index (χ2n) is 8.15. The molecule has 0 aliphatic rings. The Hall–Kier alpha value is -3.61. The topological polar surface area (TPSA) is 109 Å². The highest BCUT2D eigenvalue weighted by Gasteiger charge is 2.22. The second-order valence-corrected chi connectivity index (χ2v) is 8.15. The van der Waals surface area contributed by atoms with Gasteiger partial charge in [-0.3, -0.25) is 4.79 Å². The summed E-state index contributed by atoms with van der Waals surface area (Å²) in [6, 6.07) is 12.2. The van der Waals surface area contributed by atoms with Gasteiger partial charge in [0.25, 0.3) is 5.91 Å². The number of fused-ring (bicyclic) bond motifs is 1. The van der Waals surface area contributed by atoms with Gasteiger partial charge in [0.2, 0.25) is 0 Å². The molecule has 1 N–H and O–H groups in total. The molecule has 3 aromatic rings. The lowest BCUT2D eigenvalue weighted by atomic mass is 9.98. The molecule has 3 rings (SSSR count). The van der Waals surface area contributed by atoms with Crippen molar-refractivity contribution in [2.75, 3.05) is 0 Å². The van der Waals surface area contributed by atoms with Crippen molar-refractivity contribution in [1.29, 1.82) is 0 Å². The van der Waals surface area contributed by atoms with E-state index in [9.17, 15) is 19.5 Å². The summed E-state index contributed by atoms with van der Waals surface area (Å²) in [6.45, 7) is 6.99. The summed E-state index contributed by atoms with van der Waals surface area (Å²) in [6.07, 6.45) is 0.371. The molecule has 0 unspecified atom stereocenters. The summed E-state index contributed by atoms with van der Waals surface area (Å²) in [7, 11) is 0. The number of carbonyl (C=O) groups is 2.